The number of fused-ring (bicyclic) bond motifs is 6. The molecule has 0 aliphatic rings. The van der Waals surface area contributed by atoms with Gasteiger partial charge in [0.25, 0.3) is 0 Å². The maximum atomic E-state index is 2.41. The minimum atomic E-state index is 1.07. The summed E-state index contributed by atoms with van der Waals surface area (Å²) in [5.74, 6) is 0. The van der Waals surface area contributed by atoms with Gasteiger partial charge in [-0.15, -0.1) is 0 Å². The maximum Gasteiger partial charge on any atom is 0.0468 e. The molecular weight excluding hydrogens is 1160 g/mol. The maximum absolute atomic E-state index is 2.41. The van der Waals surface area contributed by atoms with Crippen molar-refractivity contribution in [2.45, 2.75) is 62.3 Å². The summed E-state index contributed by atoms with van der Waals surface area (Å²) in [6, 6.07) is 111. The number of rotatable bonds is 15. The Balaban J connectivity index is 0.000000913. The normalized spacial score (nSPS) is 11.3. The van der Waals surface area contributed by atoms with E-state index in [-0.39, 0.29) is 0 Å². The molecule has 3 nitrogen and oxygen atoms in total. The highest BCUT2D eigenvalue weighted by Gasteiger charge is 2.21. The van der Waals surface area contributed by atoms with Gasteiger partial charge in [0.2, 0.25) is 0 Å². The van der Waals surface area contributed by atoms with E-state index in [1.807, 2.05) is 32.0 Å². The van der Waals surface area contributed by atoms with E-state index in [1.165, 1.54) is 88.0 Å². The molecule has 0 saturated carbocycles. The summed E-state index contributed by atoms with van der Waals surface area (Å²) in [5.41, 5.74) is 25.4. The van der Waals surface area contributed by atoms with E-state index < -0.39 is 0 Å². The van der Waals surface area contributed by atoms with Crippen molar-refractivity contribution < 1.29 is 0 Å². The van der Waals surface area contributed by atoms with Crippen LogP contribution in [0.4, 0.5) is 51.2 Å². The Labute approximate surface area is 569 Å². The molecule has 0 saturated heterocycles. The Morgan fingerprint density at radius 3 is 0.531 bits per heavy atom. The first-order valence-corrected chi connectivity index (χ1v) is 33.5. The molecule has 0 aliphatic carbocycles. The van der Waals surface area contributed by atoms with Crippen molar-refractivity contribution in [2.24, 2.45) is 0 Å². The first kappa shape index (κ1) is 64.6. The van der Waals surface area contributed by atoms with Crippen LogP contribution in [0.3, 0.4) is 0 Å². The van der Waals surface area contributed by atoms with Gasteiger partial charge in [-0.25, -0.2) is 0 Å². The Bertz CT molecular complexity index is 4480. The second-order valence-electron chi connectivity index (χ2n) is 24.9. The van der Waals surface area contributed by atoms with Crippen LogP contribution in [0.15, 0.2) is 303 Å². The minimum absolute atomic E-state index is 1.07. The van der Waals surface area contributed by atoms with Gasteiger partial charge in [0.15, 0.2) is 0 Å². The molecule has 14 aromatic rings. The largest absolute Gasteiger partial charge is 0.310 e. The van der Waals surface area contributed by atoms with E-state index in [9.17, 15) is 0 Å². The SMILES string of the molecule is CC.Cc1ccc(/C=C/c2ccc(N(c3ccc(C)cc3)c3ccc4c(c3)c3ccc(N(c5ccc(C)cc5)c5ccc(/C=C/c6ccc(C)cc6)cc5)cc3c3ccc(N(c5ccc(C)cc5)c5ccc(/C=C/c6ccc(C)cc6)cc5)cc43)cc2)cc1.Cc1ccccc1. The number of hydrogen-bond acceptors (Lipinski definition) is 3. The van der Waals surface area contributed by atoms with Crippen LogP contribution >= 0.6 is 0 Å². The summed E-state index contributed by atoms with van der Waals surface area (Å²) in [7, 11) is 0. The van der Waals surface area contributed by atoms with Gasteiger partial charge >= 0.3 is 0 Å². The molecule has 96 heavy (non-hydrogen) atoms. The summed E-state index contributed by atoms with van der Waals surface area (Å²) < 4.78 is 0. The highest BCUT2D eigenvalue weighted by Crippen LogP contribution is 2.46. The summed E-state index contributed by atoms with van der Waals surface area (Å²) in [5, 5.41) is 7.06. The lowest BCUT2D eigenvalue weighted by atomic mass is 9.92. The van der Waals surface area contributed by atoms with Crippen molar-refractivity contribution >= 4 is 120 Å². The molecule has 14 aromatic carbocycles. The molecule has 0 aliphatic heterocycles. The molecule has 0 N–H and O–H groups in total. The summed E-state index contributed by atoms with van der Waals surface area (Å²) in [6.07, 6.45) is 13.1. The van der Waals surface area contributed by atoms with Crippen LogP contribution in [0, 0.1) is 48.5 Å². The third-order valence-corrected chi connectivity index (χ3v) is 17.6. The Morgan fingerprint density at radius 2 is 0.333 bits per heavy atom. The molecule has 0 heterocycles. The second kappa shape index (κ2) is 30.0. The van der Waals surface area contributed by atoms with Crippen LogP contribution in [-0.4, -0.2) is 0 Å². The van der Waals surface area contributed by atoms with Gasteiger partial charge < -0.3 is 14.7 Å². The van der Waals surface area contributed by atoms with Crippen molar-refractivity contribution in [3.05, 3.63) is 376 Å². The fourth-order valence-corrected chi connectivity index (χ4v) is 12.2. The fraction of sp³-hybridized carbons (Fsp3) is 0.0968. The van der Waals surface area contributed by atoms with E-state index >= 15 is 0 Å². The van der Waals surface area contributed by atoms with E-state index in [0.717, 1.165) is 67.9 Å². The zero-order valence-corrected chi connectivity index (χ0v) is 56.7. The Morgan fingerprint density at radius 1 is 0.167 bits per heavy atom. The van der Waals surface area contributed by atoms with Gasteiger partial charge in [-0.3, -0.25) is 0 Å². The van der Waals surface area contributed by atoms with Crippen LogP contribution in [0.5, 0.6) is 0 Å². The summed E-state index contributed by atoms with van der Waals surface area (Å²) >= 11 is 0. The van der Waals surface area contributed by atoms with Gasteiger partial charge in [0, 0.05) is 51.2 Å². The summed E-state index contributed by atoms with van der Waals surface area (Å²) in [6.45, 7) is 18.9. The number of nitrogens with zero attached hydrogens (tertiary/aromatic N) is 3. The molecule has 0 aromatic heterocycles. The molecule has 0 unspecified atom stereocenters. The molecule has 0 amide bonds. The molecule has 3 heteroatoms. The van der Waals surface area contributed by atoms with Crippen LogP contribution < -0.4 is 14.7 Å². The summed E-state index contributed by atoms with van der Waals surface area (Å²) in [4.78, 5) is 7.18. The average molecular weight is 1240 g/mol. The van der Waals surface area contributed by atoms with E-state index in [4.69, 9.17) is 0 Å². The van der Waals surface area contributed by atoms with Gasteiger partial charge in [-0.05, 0) is 223 Å². The Hall–Kier alpha value is -11.5. The number of aryl methyl sites for hydroxylation is 7. The van der Waals surface area contributed by atoms with Gasteiger partial charge in [0.05, 0.1) is 0 Å². The van der Waals surface area contributed by atoms with Gasteiger partial charge in [-0.1, -0.05) is 283 Å². The molecule has 0 radical (unpaired) electrons. The highest BCUT2D eigenvalue weighted by atomic mass is 15.2. The quantitative estimate of drug-likeness (QED) is 0.0748. The molecule has 14 rings (SSSR count). The predicted molar refractivity (Wildman–Crippen MR) is 420 cm³/mol. The minimum Gasteiger partial charge on any atom is -0.310 e. The molecular formula is C93H83N3. The first-order valence-electron chi connectivity index (χ1n) is 33.5. The monoisotopic (exact) mass is 1240 g/mol. The standard InChI is InChI=1S/C84H69N3.C7H8.C2H6/c1-58-7-19-64(20-8-58)25-28-67-31-43-73(44-32-67)85(70-37-13-61(4)14-38-70)76-49-52-79-82(55-76)80-53-50-77(86(71-39-15-62(5)16-40-71)74-45-33-68(34-46-74)29-26-65-21-9-59(2)10-22-65)57-84(80)81-54-51-78(56-83(79)81)87(72-41-17-63(6)18-42-72)75-47-35-69(36-48-75)30-27-66-23-11-60(3)12-24-66;1-7-5-3-2-4-6-7;1-2/h7-57H,1-6H3;2-6H,1H3;1-2H3/b28-25+,29-26+,30-27+;;. The zero-order chi connectivity index (χ0) is 66.5. The van der Waals surface area contributed by atoms with E-state index in [0.29, 0.717) is 0 Å². The van der Waals surface area contributed by atoms with Crippen molar-refractivity contribution in [3.8, 4) is 0 Å². The van der Waals surface area contributed by atoms with Gasteiger partial charge in [0.1, 0.15) is 0 Å². The second-order valence-corrected chi connectivity index (χ2v) is 24.9. The first-order chi connectivity index (χ1) is 46.9. The molecule has 0 bridgehead atoms. The van der Waals surface area contributed by atoms with Crippen LogP contribution in [0.25, 0.3) is 68.8 Å². The van der Waals surface area contributed by atoms with E-state index in [2.05, 4.69) is 385 Å². The third kappa shape index (κ3) is 15.4. The van der Waals surface area contributed by atoms with Crippen LogP contribution in [0.1, 0.15) is 86.2 Å². The molecule has 0 fully saturated rings. The zero-order valence-electron chi connectivity index (χ0n) is 56.7. The number of benzene rings is 14. The molecule has 470 valence electrons. The molecule has 0 spiro atoms. The predicted octanol–water partition coefficient (Wildman–Crippen LogP) is 26.9. The fourth-order valence-electron chi connectivity index (χ4n) is 12.2. The number of anilines is 9. The highest BCUT2D eigenvalue weighted by molar-refractivity contribution is 6.27. The number of hydrogen-bond donors (Lipinski definition) is 0. The van der Waals surface area contributed by atoms with Crippen LogP contribution in [-0.2, 0) is 0 Å². The van der Waals surface area contributed by atoms with Crippen molar-refractivity contribution in [1.29, 1.82) is 0 Å². The van der Waals surface area contributed by atoms with Gasteiger partial charge in [-0.2, -0.15) is 0 Å². The average Bonchev–Trinajstić information content (AvgIpc) is 0.730. The van der Waals surface area contributed by atoms with Crippen molar-refractivity contribution in [3.63, 3.8) is 0 Å². The molecule has 0 atom stereocenters. The smallest absolute Gasteiger partial charge is 0.0468 e. The lowest BCUT2D eigenvalue weighted by Crippen LogP contribution is -2.11. The van der Waals surface area contributed by atoms with E-state index in [1.54, 1.807) is 0 Å². The lowest BCUT2D eigenvalue weighted by molar-refractivity contribution is 1.28. The third-order valence-electron chi connectivity index (χ3n) is 17.6. The Kier molecular flexibility index (Phi) is 20.2. The van der Waals surface area contributed by atoms with Crippen molar-refractivity contribution in [2.75, 3.05) is 14.7 Å². The van der Waals surface area contributed by atoms with Crippen molar-refractivity contribution in [1.82, 2.24) is 0 Å². The van der Waals surface area contributed by atoms with Crippen LogP contribution in [0.2, 0.25) is 0 Å². The lowest BCUT2D eigenvalue weighted by Gasteiger charge is -2.28. The topological polar surface area (TPSA) is 9.72 Å².